The van der Waals surface area contributed by atoms with E-state index in [0.29, 0.717) is 10.7 Å². The zero-order chi connectivity index (χ0) is 21.0. The number of hydrogen-bond donors (Lipinski definition) is 2. The van der Waals surface area contributed by atoms with Gasteiger partial charge in [0.05, 0.1) is 23.7 Å². The Kier molecular flexibility index (Phi) is 6.67. The molecule has 0 saturated carbocycles. The minimum Gasteiger partial charge on any atom is -0.347 e. The fraction of sp³-hybridized carbons (Fsp3) is 0.227. The van der Waals surface area contributed by atoms with Crippen LogP contribution in [0.5, 0.6) is 0 Å². The summed E-state index contributed by atoms with van der Waals surface area (Å²) in [4.78, 5) is 28.9. The molecule has 0 spiro atoms. The number of nitrogens with one attached hydrogen (secondary N) is 2. The van der Waals surface area contributed by atoms with E-state index in [1.165, 1.54) is 11.3 Å². The highest BCUT2D eigenvalue weighted by Crippen LogP contribution is 2.30. The van der Waals surface area contributed by atoms with Crippen molar-refractivity contribution in [2.24, 2.45) is 0 Å². The Labute approximate surface area is 179 Å². The maximum Gasteiger partial charge on any atom is 0.243 e. The Balaban J connectivity index is 1.54. The molecule has 0 atom stereocenters. The van der Waals surface area contributed by atoms with Crippen LogP contribution in [-0.2, 0) is 16.0 Å². The van der Waals surface area contributed by atoms with Crippen LogP contribution in [0.2, 0.25) is 5.02 Å². The van der Waals surface area contributed by atoms with Crippen LogP contribution in [-0.4, -0.2) is 23.3 Å². The zero-order valence-corrected chi connectivity index (χ0v) is 18.1. The molecule has 3 rings (SSSR count). The highest BCUT2D eigenvalue weighted by molar-refractivity contribution is 7.13. The summed E-state index contributed by atoms with van der Waals surface area (Å²) in [6, 6.07) is 11.5. The topological polar surface area (TPSA) is 71.1 Å². The normalized spacial score (nSPS) is 10.6. The van der Waals surface area contributed by atoms with E-state index in [1.807, 2.05) is 56.5 Å². The average Bonchev–Trinajstić information content (AvgIpc) is 3.11. The maximum absolute atomic E-state index is 12.2. The molecule has 2 aromatic carbocycles. The molecule has 29 heavy (non-hydrogen) atoms. The van der Waals surface area contributed by atoms with Crippen molar-refractivity contribution < 1.29 is 9.59 Å². The summed E-state index contributed by atoms with van der Waals surface area (Å²) in [5.41, 5.74) is 5.42. The number of rotatable bonds is 6. The Hall–Kier alpha value is -2.70. The van der Waals surface area contributed by atoms with Gasteiger partial charge >= 0.3 is 0 Å². The Morgan fingerprint density at radius 2 is 1.76 bits per heavy atom. The lowest BCUT2D eigenvalue weighted by molar-refractivity contribution is -0.123. The van der Waals surface area contributed by atoms with Gasteiger partial charge in [-0.3, -0.25) is 9.59 Å². The first-order valence-electron chi connectivity index (χ1n) is 9.17. The molecule has 1 aromatic heterocycles. The summed E-state index contributed by atoms with van der Waals surface area (Å²) >= 11 is 7.63. The van der Waals surface area contributed by atoms with Crippen molar-refractivity contribution in [3.8, 4) is 10.6 Å². The van der Waals surface area contributed by atoms with Gasteiger partial charge in [0, 0.05) is 16.6 Å². The molecule has 150 valence electrons. The van der Waals surface area contributed by atoms with Gasteiger partial charge < -0.3 is 10.6 Å². The predicted octanol–water partition coefficient (Wildman–Crippen LogP) is 4.69. The Morgan fingerprint density at radius 1 is 1.07 bits per heavy atom. The number of aromatic nitrogens is 1. The Morgan fingerprint density at radius 3 is 2.45 bits per heavy atom. The summed E-state index contributed by atoms with van der Waals surface area (Å²) in [5, 5.41) is 8.74. The van der Waals surface area contributed by atoms with Crippen LogP contribution >= 0.6 is 22.9 Å². The van der Waals surface area contributed by atoms with E-state index >= 15 is 0 Å². The highest BCUT2D eigenvalue weighted by Gasteiger charge is 2.13. The monoisotopic (exact) mass is 427 g/mol. The molecule has 0 aliphatic rings. The highest BCUT2D eigenvalue weighted by atomic mass is 35.5. The molecule has 0 fully saturated rings. The van der Waals surface area contributed by atoms with Crippen LogP contribution in [0, 0.1) is 20.8 Å². The number of aryl methyl sites for hydroxylation is 3. The number of anilines is 1. The molecule has 0 unspecified atom stereocenters. The van der Waals surface area contributed by atoms with Gasteiger partial charge in [-0.15, -0.1) is 11.3 Å². The number of nitrogens with zero attached hydrogens (tertiary/aromatic N) is 1. The fourth-order valence-corrected chi connectivity index (χ4v) is 4.25. The number of thiazole rings is 1. The van der Waals surface area contributed by atoms with E-state index in [1.54, 1.807) is 6.07 Å². The van der Waals surface area contributed by atoms with Crippen LogP contribution in [0.3, 0.4) is 0 Å². The van der Waals surface area contributed by atoms with Crippen LogP contribution < -0.4 is 10.6 Å². The molecular weight excluding hydrogens is 406 g/mol. The second-order valence-electron chi connectivity index (χ2n) is 6.90. The van der Waals surface area contributed by atoms with Gasteiger partial charge in [-0.1, -0.05) is 47.5 Å². The molecule has 1 heterocycles. The van der Waals surface area contributed by atoms with Crippen molar-refractivity contribution in [1.29, 1.82) is 0 Å². The lowest BCUT2D eigenvalue weighted by Gasteiger charge is -2.13. The molecule has 0 aliphatic heterocycles. The standard InChI is InChI=1S/C22H22ClN3O2S/c1-13-8-14(2)21(15(3)9-13)26-20(28)11-24-19(27)10-16-12-29-22(25-16)17-6-4-5-7-18(17)23/h4-9,12H,10-11H2,1-3H3,(H,24,27)(H,26,28). The summed E-state index contributed by atoms with van der Waals surface area (Å²) < 4.78 is 0. The largest absolute Gasteiger partial charge is 0.347 e. The third-order valence-electron chi connectivity index (χ3n) is 4.39. The van der Waals surface area contributed by atoms with Gasteiger partial charge in [0.15, 0.2) is 0 Å². The quantitative estimate of drug-likeness (QED) is 0.599. The summed E-state index contributed by atoms with van der Waals surface area (Å²) in [7, 11) is 0. The van der Waals surface area contributed by atoms with Crippen LogP contribution in [0.15, 0.2) is 41.8 Å². The molecule has 5 nitrogen and oxygen atoms in total. The van der Waals surface area contributed by atoms with Crippen molar-refractivity contribution in [3.63, 3.8) is 0 Å². The molecule has 0 saturated heterocycles. The second-order valence-corrected chi connectivity index (χ2v) is 8.16. The predicted molar refractivity (Wildman–Crippen MR) is 119 cm³/mol. The zero-order valence-electron chi connectivity index (χ0n) is 16.5. The van der Waals surface area contributed by atoms with Gasteiger partial charge in [0.1, 0.15) is 5.01 Å². The van der Waals surface area contributed by atoms with Gasteiger partial charge in [-0.2, -0.15) is 0 Å². The molecule has 0 aliphatic carbocycles. The van der Waals surface area contributed by atoms with Crippen molar-refractivity contribution in [1.82, 2.24) is 10.3 Å². The molecule has 7 heteroatoms. The van der Waals surface area contributed by atoms with Gasteiger partial charge in [0.25, 0.3) is 0 Å². The van der Waals surface area contributed by atoms with Gasteiger partial charge in [-0.25, -0.2) is 4.98 Å². The lowest BCUT2D eigenvalue weighted by Crippen LogP contribution is -2.34. The number of halogens is 1. The fourth-order valence-electron chi connectivity index (χ4n) is 3.11. The first-order valence-corrected chi connectivity index (χ1v) is 10.4. The van der Waals surface area contributed by atoms with Crippen molar-refractivity contribution >= 4 is 40.4 Å². The number of benzene rings is 2. The third-order valence-corrected chi connectivity index (χ3v) is 5.64. The van der Waals surface area contributed by atoms with Crippen LogP contribution in [0.25, 0.3) is 10.6 Å². The molecule has 2 N–H and O–H groups in total. The van der Waals surface area contributed by atoms with Gasteiger partial charge in [-0.05, 0) is 38.0 Å². The summed E-state index contributed by atoms with van der Waals surface area (Å²) in [5.74, 6) is -0.517. The first kappa shape index (κ1) is 21.0. The molecule has 3 aromatic rings. The summed E-state index contributed by atoms with van der Waals surface area (Å²) in [6.07, 6.45) is 0.108. The number of hydrogen-bond acceptors (Lipinski definition) is 4. The van der Waals surface area contributed by atoms with E-state index < -0.39 is 0 Å². The Bertz CT molecular complexity index is 1040. The number of carbonyl (C=O) groups excluding carboxylic acids is 2. The van der Waals surface area contributed by atoms with Crippen molar-refractivity contribution in [2.45, 2.75) is 27.2 Å². The van der Waals surface area contributed by atoms with Crippen molar-refractivity contribution in [2.75, 3.05) is 11.9 Å². The smallest absolute Gasteiger partial charge is 0.243 e. The SMILES string of the molecule is Cc1cc(C)c(NC(=O)CNC(=O)Cc2csc(-c3ccccc3Cl)n2)c(C)c1. The van der Waals surface area contributed by atoms with E-state index in [0.717, 1.165) is 32.9 Å². The second kappa shape index (κ2) is 9.20. The van der Waals surface area contributed by atoms with E-state index in [2.05, 4.69) is 15.6 Å². The van der Waals surface area contributed by atoms with Crippen LogP contribution in [0.4, 0.5) is 5.69 Å². The van der Waals surface area contributed by atoms with Gasteiger partial charge in [0.2, 0.25) is 11.8 Å². The lowest BCUT2D eigenvalue weighted by atomic mass is 10.1. The number of carbonyl (C=O) groups is 2. The van der Waals surface area contributed by atoms with E-state index in [4.69, 9.17) is 11.6 Å². The van der Waals surface area contributed by atoms with E-state index in [-0.39, 0.29) is 24.8 Å². The third kappa shape index (κ3) is 5.43. The minimum absolute atomic E-state index is 0.0902. The number of amides is 2. The molecule has 2 amide bonds. The summed E-state index contributed by atoms with van der Waals surface area (Å²) in [6.45, 7) is 5.83. The molecule has 0 radical (unpaired) electrons. The first-order chi connectivity index (χ1) is 13.8. The minimum atomic E-state index is -0.261. The molecular formula is C22H22ClN3O2S. The van der Waals surface area contributed by atoms with E-state index in [9.17, 15) is 9.59 Å². The van der Waals surface area contributed by atoms with Crippen LogP contribution in [0.1, 0.15) is 22.4 Å². The average molecular weight is 428 g/mol. The van der Waals surface area contributed by atoms with Crippen molar-refractivity contribution in [3.05, 3.63) is 69.2 Å². The maximum atomic E-state index is 12.2. The molecule has 0 bridgehead atoms.